The largest absolute Gasteiger partial charge is 0.504 e. The Morgan fingerprint density at radius 1 is 0.889 bits per heavy atom. The summed E-state index contributed by atoms with van der Waals surface area (Å²) < 4.78 is 5.12. The lowest BCUT2D eigenvalue weighted by Gasteiger charge is -2.04. The van der Waals surface area contributed by atoms with Crippen molar-refractivity contribution in [2.45, 2.75) is 0 Å². The number of hydrogen-bond acceptors (Lipinski definition) is 3. The lowest BCUT2D eigenvalue weighted by Crippen LogP contribution is -1.86. The zero-order chi connectivity index (χ0) is 18.8. The molecular formula is C22H17ClN2O2. The Morgan fingerprint density at radius 3 is 2.26 bits per heavy atom. The molecule has 0 saturated carbocycles. The molecule has 2 N–H and O–H groups in total. The van der Waals surface area contributed by atoms with Crippen molar-refractivity contribution in [2.24, 2.45) is 0 Å². The number of halogens is 1. The Bertz CT molecular complexity index is 1070. The second-order valence-corrected chi connectivity index (χ2v) is 6.50. The van der Waals surface area contributed by atoms with Crippen LogP contribution in [-0.4, -0.2) is 22.2 Å². The average molecular weight is 377 g/mol. The van der Waals surface area contributed by atoms with E-state index in [9.17, 15) is 5.11 Å². The molecule has 0 aliphatic heterocycles. The fourth-order valence-electron chi connectivity index (χ4n) is 2.98. The van der Waals surface area contributed by atoms with E-state index in [-0.39, 0.29) is 5.75 Å². The number of hydrogen-bond donors (Lipinski definition) is 2. The fraction of sp³-hybridized carbons (Fsp3) is 0.0455. The summed E-state index contributed by atoms with van der Waals surface area (Å²) in [4.78, 5) is 8.20. The maximum absolute atomic E-state index is 10.1. The number of nitrogens with zero attached hydrogens (tertiary/aromatic N) is 1. The number of methoxy groups -OCH3 is 1. The first-order valence-electron chi connectivity index (χ1n) is 8.44. The molecule has 5 heteroatoms. The highest BCUT2D eigenvalue weighted by molar-refractivity contribution is 6.30. The predicted octanol–water partition coefficient (Wildman–Crippen LogP) is 5.78. The van der Waals surface area contributed by atoms with E-state index in [1.807, 2.05) is 60.7 Å². The van der Waals surface area contributed by atoms with Crippen LogP contribution >= 0.6 is 11.6 Å². The first kappa shape index (κ1) is 17.2. The van der Waals surface area contributed by atoms with Gasteiger partial charge in [0.25, 0.3) is 0 Å². The van der Waals surface area contributed by atoms with Gasteiger partial charge in [0, 0.05) is 21.7 Å². The molecule has 0 atom stereocenters. The molecule has 3 aromatic carbocycles. The number of aromatic hydroxyl groups is 1. The highest BCUT2D eigenvalue weighted by atomic mass is 35.5. The Morgan fingerprint density at radius 2 is 1.59 bits per heavy atom. The van der Waals surface area contributed by atoms with Crippen molar-refractivity contribution in [1.82, 2.24) is 9.97 Å². The standard InChI is InChI=1S/C22H17ClN2O2/c1-27-19-12-9-16(13-18(19)26)22-24-20(14-5-3-2-4-6-14)21(25-22)15-7-10-17(23)11-8-15/h2-13,26H,1H3,(H,24,25). The third-order valence-electron chi connectivity index (χ3n) is 4.34. The van der Waals surface area contributed by atoms with Gasteiger partial charge in [-0.3, -0.25) is 0 Å². The summed E-state index contributed by atoms with van der Waals surface area (Å²) >= 11 is 6.04. The van der Waals surface area contributed by atoms with Gasteiger partial charge in [-0.05, 0) is 30.3 Å². The van der Waals surface area contributed by atoms with Crippen LogP contribution in [0.5, 0.6) is 11.5 Å². The van der Waals surface area contributed by atoms with Crippen LogP contribution in [-0.2, 0) is 0 Å². The summed E-state index contributed by atoms with van der Waals surface area (Å²) in [5, 5.41) is 10.8. The fourth-order valence-corrected chi connectivity index (χ4v) is 3.10. The molecular weight excluding hydrogens is 360 g/mol. The predicted molar refractivity (Wildman–Crippen MR) is 108 cm³/mol. The van der Waals surface area contributed by atoms with E-state index >= 15 is 0 Å². The molecule has 4 rings (SSSR count). The zero-order valence-corrected chi connectivity index (χ0v) is 15.4. The van der Waals surface area contributed by atoms with E-state index in [0.29, 0.717) is 16.6 Å². The molecule has 0 saturated heterocycles. The van der Waals surface area contributed by atoms with Crippen LogP contribution in [0.2, 0.25) is 5.02 Å². The van der Waals surface area contributed by atoms with Crippen LogP contribution in [0.1, 0.15) is 0 Å². The van der Waals surface area contributed by atoms with Crippen LogP contribution in [0.15, 0.2) is 72.8 Å². The topological polar surface area (TPSA) is 58.1 Å². The molecule has 27 heavy (non-hydrogen) atoms. The monoisotopic (exact) mass is 376 g/mol. The summed E-state index contributed by atoms with van der Waals surface area (Å²) in [6.45, 7) is 0. The Hall–Kier alpha value is -3.24. The molecule has 4 aromatic rings. The third kappa shape index (κ3) is 3.39. The minimum Gasteiger partial charge on any atom is -0.504 e. The first-order chi connectivity index (χ1) is 13.2. The number of nitrogens with one attached hydrogen (secondary N) is 1. The molecule has 0 radical (unpaired) electrons. The lowest BCUT2D eigenvalue weighted by atomic mass is 10.1. The number of imidazole rings is 1. The first-order valence-corrected chi connectivity index (χ1v) is 8.82. The van der Waals surface area contributed by atoms with E-state index < -0.39 is 0 Å². The maximum Gasteiger partial charge on any atom is 0.160 e. The van der Waals surface area contributed by atoms with Gasteiger partial charge in [0.2, 0.25) is 0 Å². The third-order valence-corrected chi connectivity index (χ3v) is 4.59. The van der Waals surface area contributed by atoms with Gasteiger partial charge in [-0.15, -0.1) is 0 Å². The molecule has 0 spiro atoms. The second-order valence-electron chi connectivity index (χ2n) is 6.07. The average Bonchev–Trinajstić information content (AvgIpc) is 3.14. The SMILES string of the molecule is COc1ccc(-c2nc(-c3ccccc3)c(-c3ccc(Cl)cc3)[nH]2)cc1O. The van der Waals surface area contributed by atoms with Crippen LogP contribution in [0, 0.1) is 0 Å². The number of ether oxygens (including phenoxy) is 1. The van der Waals surface area contributed by atoms with Crippen LogP contribution in [0.25, 0.3) is 33.9 Å². The molecule has 0 aliphatic rings. The molecule has 1 aromatic heterocycles. The van der Waals surface area contributed by atoms with Crippen LogP contribution < -0.4 is 4.74 Å². The van der Waals surface area contributed by atoms with Crippen molar-refractivity contribution in [3.8, 4) is 45.4 Å². The normalized spacial score (nSPS) is 10.7. The summed E-state index contributed by atoms with van der Waals surface area (Å²) in [6, 6.07) is 22.8. The summed E-state index contributed by atoms with van der Waals surface area (Å²) in [7, 11) is 1.52. The molecule has 0 fully saturated rings. The van der Waals surface area contributed by atoms with Gasteiger partial charge in [-0.25, -0.2) is 4.98 Å². The summed E-state index contributed by atoms with van der Waals surface area (Å²) in [5.74, 6) is 1.16. The van der Waals surface area contributed by atoms with E-state index in [1.165, 1.54) is 7.11 Å². The van der Waals surface area contributed by atoms with Crippen molar-refractivity contribution >= 4 is 11.6 Å². The van der Waals surface area contributed by atoms with Gasteiger partial charge in [-0.2, -0.15) is 0 Å². The number of rotatable bonds is 4. The van der Waals surface area contributed by atoms with Crippen molar-refractivity contribution in [3.05, 3.63) is 77.8 Å². The Kier molecular flexibility index (Phi) is 4.57. The molecule has 4 nitrogen and oxygen atoms in total. The van der Waals surface area contributed by atoms with Crippen LogP contribution in [0.3, 0.4) is 0 Å². The quantitative estimate of drug-likeness (QED) is 0.474. The van der Waals surface area contributed by atoms with E-state index in [1.54, 1.807) is 12.1 Å². The van der Waals surface area contributed by atoms with Crippen molar-refractivity contribution < 1.29 is 9.84 Å². The van der Waals surface area contributed by atoms with Gasteiger partial charge in [0.1, 0.15) is 5.82 Å². The van der Waals surface area contributed by atoms with Gasteiger partial charge in [0.15, 0.2) is 11.5 Å². The molecule has 0 unspecified atom stereocenters. The lowest BCUT2D eigenvalue weighted by molar-refractivity contribution is 0.373. The van der Waals surface area contributed by atoms with Crippen molar-refractivity contribution in [1.29, 1.82) is 0 Å². The second kappa shape index (κ2) is 7.17. The number of H-pyrrole nitrogens is 1. The highest BCUT2D eigenvalue weighted by Gasteiger charge is 2.16. The summed E-state index contributed by atoms with van der Waals surface area (Å²) in [6.07, 6.45) is 0. The molecule has 0 bridgehead atoms. The van der Waals surface area contributed by atoms with E-state index in [0.717, 1.165) is 28.1 Å². The molecule has 0 amide bonds. The Balaban J connectivity index is 1.87. The maximum atomic E-state index is 10.1. The van der Waals surface area contributed by atoms with E-state index in [4.69, 9.17) is 21.3 Å². The molecule has 134 valence electrons. The number of phenols is 1. The molecule has 0 aliphatic carbocycles. The van der Waals surface area contributed by atoms with Crippen molar-refractivity contribution in [3.63, 3.8) is 0 Å². The molecule has 1 heterocycles. The number of benzene rings is 3. The number of aromatic amines is 1. The van der Waals surface area contributed by atoms with Crippen molar-refractivity contribution in [2.75, 3.05) is 7.11 Å². The number of aromatic nitrogens is 2. The van der Waals surface area contributed by atoms with Crippen LogP contribution in [0.4, 0.5) is 0 Å². The zero-order valence-electron chi connectivity index (χ0n) is 14.6. The summed E-state index contributed by atoms with van der Waals surface area (Å²) in [5.41, 5.74) is 4.48. The minimum absolute atomic E-state index is 0.0701. The number of phenolic OH excluding ortho intramolecular Hbond substituents is 1. The van der Waals surface area contributed by atoms with Gasteiger partial charge in [-0.1, -0.05) is 54.1 Å². The van der Waals surface area contributed by atoms with E-state index in [2.05, 4.69) is 4.98 Å². The van der Waals surface area contributed by atoms with Gasteiger partial charge >= 0.3 is 0 Å². The van der Waals surface area contributed by atoms with Gasteiger partial charge in [0.05, 0.1) is 18.5 Å². The smallest absolute Gasteiger partial charge is 0.160 e. The highest BCUT2D eigenvalue weighted by Crippen LogP contribution is 2.35. The minimum atomic E-state index is 0.0701. The Labute approximate surface area is 162 Å². The van der Waals surface area contributed by atoms with Gasteiger partial charge < -0.3 is 14.8 Å².